The van der Waals surface area contributed by atoms with E-state index in [0.717, 1.165) is 6.42 Å². The third kappa shape index (κ3) is 12.9. The first-order chi connectivity index (χ1) is 16.8. The lowest BCUT2D eigenvalue weighted by Gasteiger charge is -2.33. The van der Waals surface area contributed by atoms with Crippen LogP contribution in [0, 0.1) is 0 Å². The summed E-state index contributed by atoms with van der Waals surface area (Å²) in [5, 5.41) is 0. The van der Waals surface area contributed by atoms with Gasteiger partial charge < -0.3 is 9.80 Å². The van der Waals surface area contributed by atoms with E-state index < -0.39 is 0 Å². The summed E-state index contributed by atoms with van der Waals surface area (Å²) in [4.78, 5) is 5.25. The van der Waals surface area contributed by atoms with Crippen LogP contribution in [-0.2, 0) is 6.42 Å². The molecule has 1 aromatic carbocycles. The lowest BCUT2D eigenvalue weighted by molar-refractivity contribution is 0.148. The first kappa shape index (κ1) is 28.8. The minimum absolute atomic E-state index is 0.505. The minimum atomic E-state index is 0.505. The summed E-state index contributed by atoms with van der Waals surface area (Å²) < 4.78 is 0. The molecule has 194 valence electrons. The minimum Gasteiger partial charge on any atom is -0.356 e. The first-order valence-corrected chi connectivity index (χ1v) is 15.1. The van der Waals surface area contributed by atoms with Gasteiger partial charge in [0.1, 0.15) is 6.17 Å². The zero-order valence-electron chi connectivity index (χ0n) is 22.9. The Balaban J connectivity index is 1.66. The van der Waals surface area contributed by atoms with E-state index >= 15 is 0 Å². The number of hydrogen-bond donors (Lipinski definition) is 0. The topological polar surface area (TPSA) is 6.48 Å². The zero-order chi connectivity index (χ0) is 24.1. The lowest BCUT2D eigenvalue weighted by Crippen LogP contribution is -2.41. The van der Waals surface area contributed by atoms with Gasteiger partial charge in [-0.15, -0.1) is 0 Å². The molecule has 0 amide bonds. The van der Waals surface area contributed by atoms with Crippen molar-refractivity contribution in [2.75, 3.05) is 13.1 Å². The Labute approximate surface area is 213 Å². The molecule has 2 nitrogen and oxygen atoms in total. The highest BCUT2D eigenvalue weighted by molar-refractivity contribution is 5.17. The van der Waals surface area contributed by atoms with Crippen molar-refractivity contribution in [1.29, 1.82) is 0 Å². The molecule has 0 N–H and O–H groups in total. The van der Waals surface area contributed by atoms with Crippen molar-refractivity contribution in [2.45, 2.75) is 142 Å². The van der Waals surface area contributed by atoms with E-state index in [9.17, 15) is 0 Å². The number of nitrogens with zero attached hydrogens (tertiary/aromatic N) is 2. The quantitative estimate of drug-likeness (QED) is 0.156. The van der Waals surface area contributed by atoms with E-state index in [1.165, 1.54) is 134 Å². The van der Waals surface area contributed by atoms with Gasteiger partial charge in [0.25, 0.3) is 0 Å². The van der Waals surface area contributed by atoms with Crippen LogP contribution in [0.5, 0.6) is 0 Å². The predicted octanol–water partition coefficient (Wildman–Crippen LogP) is 9.71. The second-order valence-corrected chi connectivity index (χ2v) is 10.6. The highest BCUT2D eigenvalue weighted by atomic mass is 15.4. The van der Waals surface area contributed by atoms with Gasteiger partial charge in [-0.05, 0) is 18.4 Å². The second kappa shape index (κ2) is 19.8. The van der Waals surface area contributed by atoms with Gasteiger partial charge in [0.05, 0.1) is 0 Å². The largest absolute Gasteiger partial charge is 0.356 e. The molecule has 1 aliphatic heterocycles. The summed E-state index contributed by atoms with van der Waals surface area (Å²) in [6.07, 6.45) is 31.7. The van der Waals surface area contributed by atoms with Crippen molar-refractivity contribution in [3.05, 3.63) is 48.3 Å². The molecule has 0 spiro atoms. The molecular formula is C32H56N2. The molecule has 1 heterocycles. The fraction of sp³-hybridized carbons (Fsp3) is 0.750. The lowest BCUT2D eigenvalue weighted by atomic mass is 10.1. The molecule has 0 saturated heterocycles. The van der Waals surface area contributed by atoms with Crippen LogP contribution in [0.3, 0.4) is 0 Å². The van der Waals surface area contributed by atoms with Crippen LogP contribution < -0.4 is 0 Å². The standard InChI is InChI=1S/C32H56N2/c1-3-5-7-9-11-13-14-16-18-23-27-34-29-28-33(26-22-17-15-12-10-8-6-4-2)32(34)30-31-24-20-19-21-25-31/h19-21,24-25,28-29,32H,3-18,22-23,26-27,30H2,1-2H3. The molecule has 0 aromatic heterocycles. The van der Waals surface area contributed by atoms with E-state index in [0.29, 0.717) is 6.17 Å². The smallest absolute Gasteiger partial charge is 0.105 e. The van der Waals surface area contributed by atoms with E-state index in [2.05, 4.69) is 66.4 Å². The maximum atomic E-state index is 2.63. The van der Waals surface area contributed by atoms with E-state index in [1.807, 2.05) is 0 Å². The van der Waals surface area contributed by atoms with Gasteiger partial charge >= 0.3 is 0 Å². The Morgan fingerprint density at radius 1 is 0.500 bits per heavy atom. The average Bonchev–Trinajstić information content (AvgIpc) is 3.23. The van der Waals surface area contributed by atoms with Crippen molar-refractivity contribution >= 4 is 0 Å². The molecule has 0 saturated carbocycles. The van der Waals surface area contributed by atoms with E-state index in [1.54, 1.807) is 0 Å². The zero-order valence-corrected chi connectivity index (χ0v) is 22.9. The molecule has 1 aromatic rings. The third-order valence-corrected chi connectivity index (χ3v) is 7.52. The van der Waals surface area contributed by atoms with Crippen molar-refractivity contribution in [3.63, 3.8) is 0 Å². The van der Waals surface area contributed by atoms with Crippen LogP contribution in [0.2, 0.25) is 0 Å². The molecule has 0 aliphatic carbocycles. The van der Waals surface area contributed by atoms with E-state index in [-0.39, 0.29) is 0 Å². The summed E-state index contributed by atoms with van der Waals surface area (Å²) >= 11 is 0. The van der Waals surface area contributed by atoms with Crippen LogP contribution in [0.25, 0.3) is 0 Å². The first-order valence-electron chi connectivity index (χ1n) is 15.1. The molecule has 0 radical (unpaired) electrons. The fourth-order valence-corrected chi connectivity index (χ4v) is 5.28. The fourth-order valence-electron chi connectivity index (χ4n) is 5.28. The van der Waals surface area contributed by atoms with Gasteiger partial charge in [0, 0.05) is 31.9 Å². The summed E-state index contributed by atoms with van der Waals surface area (Å²) in [5.41, 5.74) is 1.46. The van der Waals surface area contributed by atoms with Gasteiger partial charge in [-0.3, -0.25) is 0 Å². The molecule has 2 heteroatoms. The Bertz CT molecular complexity index is 596. The summed E-state index contributed by atoms with van der Waals surface area (Å²) in [7, 11) is 0. The SMILES string of the molecule is CCCCCCCCCCCCN1C=CN(CCCCCCCCCC)C1Cc1ccccc1. The van der Waals surface area contributed by atoms with Gasteiger partial charge in [-0.2, -0.15) is 0 Å². The third-order valence-electron chi connectivity index (χ3n) is 7.52. The maximum Gasteiger partial charge on any atom is 0.105 e. The molecular weight excluding hydrogens is 412 g/mol. The Hall–Kier alpha value is -1.44. The molecule has 2 rings (SSSR count). The number of unbranched alkanes of at least 4 members (excludes halogenated alkanes) is 16. The van der Waals surface area contributed by atoms with E-state index in [4.69, 9.17) is 0 Å². The summed E-state index contributed by atoms with van der Waals surface area (Å²) in [6, 6.07) is 11.1. The molecule has 1 aliphatic rings. The van der Waals surface area contributed by atoms with Crippen molar-refractivity contribution in [2.24, 2.45) is 0 Å². The Kier molecular flexibility index (Phi) is 16.8. The molecule has 34 heavy (non-hydrogen) atoms. The highest BCUT2D eigenvalue weighted by Gasteiger charge is 2.25. The van der Waals surface area contributed by atoms with Gasteiger partial charge in [0.15, 0.2) is 0 Å². The van der Waals surface area contributed by atoms with Crippen molar-refractivity contribution in [3.8, 4) is 0 Å². The van der Waals surface area contributed by atoms with Crippen LogP contribution in [-0.4, -0.2) is 29.1 Å². The van der Waals surface area contributed by atoms with Crippen molar-refractivity contribution < 1.29 is 0 Å². The monoisotopic (exact) mass is 468 g/mol. The molecule has 0 bridgehead atoms. The molecule has 1 atom stereocenters. The molecule has 0 fully saturated rings. The number of benzene rings is 1. The van der Waals surface area contributed by atoms with Crippen LogP contribution in [0.4, 0.5) is 0 Å². The summed E-state index contributed by atoms with van der Waals surface area (Å²) in [5.74, 6) is 0. The summed E-state index contributed by atoms with van der Waals surface area (Å²) in [6.45, 7) is 7.01. The highest BCUT2D eigenvalue weighted by Crippen LogP contribution is 2.22. The van der Waals surface area contributed by atoms with Crippen LogP contribution in [0.1, 0.15) is 135 Å². The van der Waals surface area contributed by atoms with Crippen LogP contribution in [0.15, 0.2) is 42.7 Å². The predicted molar refractivity (Wildman–Crippen MR) is 151 cm³/mol. The van der Waals surface area contributed by atoms with Gasteiger partial charge in [-0.25, -0.2) is 0 Å². The number of rotatable bonds is 22. The normalized spacial score (nSPS) is 15.5. The average molecular weight is 469 g/mol. The van der Waals surface area contributed by atoms with Crippen LogP contribution >= 0.6 is 0 Å². The van der Waals surface area contributed by atoms with Crippen molar-refractivity contribution in [1.82, 2.24) is 9.80 Å². The van der Waals surface area contributed by atoms with Gasteiger partial charge in [0.2, 0.25) is 0 Å². The maximum absolute atomic E-state index is 2.63. The van der Waals surface area contributed by atoms with Gasteiger partial charge in [-0.1, -0.05) is 147 Å². The number of hydrogen-bond acceptors (Lipinski definition) is 2. The second-order valence-electron chi connectivity index (χ2n) is 10.6. The Morgan fingerprint density at radius 2 is 0.882 bits per heavy atom. The molecule has 1 unspecified atom stereocenters. The Morgan fingerprint density at radius 3 is 1.29 bits per heavy atom.